The van der Waals surface area contributed by atoms with Gasteiger partial charge in [0, 0.05) is 11.8 Å². The van der Waals surface area contributed by atoms with Crippen LogP contribution in [0.2, 0.25) is 0 Å². The molecule has 0 radical (unpaired) electrons. The average molecular weight is 414 g/mol. The van der Waals surface area contributed by atoms with E-state index < -0.39 is 28.5 Å². The number of carbonyl (C=O) groups is 3. The van der Waals surface area contributed by atoms with Gasteiger partial charge in [0.05, 0.1) is 11.8 Å². The van der Waals surface area contributed by atoms with Gasteiger partial charge >= 0.3 is 0 Å². The molecule has 0 aliphatic heterocycles. The highest BCUT2D eigenvalue weighted by molar-refractivity contribution is 8.00. The highest BCUT2D eigenvalue weighted by Crippen LogP contribution is 2.29. The predicted molar refractivity (Wildman–Crippen MR) is 115 cm³/mol. The van der Waals surface area contributed by atoms with Crippen molar-refractivity contribution in [2.75, 3.05) is 13.3 Å². The Hall–Kier alpha value is -1.98. The molecule has 0 saturated heterocycles. The van der Waals surface area contributed by atoms with E-state index in [-0.39, 0.29) is 24.2 Å². The van der Waals surface area contributed by atoms with Gasteiger partial charge in [-0.25, -0.2) is 5.48 Å². The Morgan fingerprint density at radius 3 is 2.04 bits per heavy atom. The fourth-order valence-electron chi connectivity index (χ4n) is 2.74. The van der Waals surface area contributed by atoms with Gasteiger partial charge in [-0.3, -0.25) is 19.6 Å². The lowest BCUT2D eigenvalue weighted by molar-refractivity contribution is -0.141. The molecule has 7 nitrogen and oxygen atoms in total. The maximum absolute atomic E-state index is 13.0. The number of rotatable bonds is 11. The van der Waals surface area contributed by atoms with Crippen molar-refractivity contribution in [1.29, 1.82) is 0 Å². The number of nitrogens with one attached hydrogen (secondary N) is 3. The molecule has 0 aliphatic rings. The number of hydroxylamine groups is 1. The number of hydrogen-bond donors (Lipinski definition) is 4. The number of likely N-dealkylation sites (N-methyl/N-ethyl adjacent to an activating group) is 1. The van der Waals surface area contributed by atoms with Crippen molar-refractivity contribution in [1.82, 2.24) is 16.1 Å². The minimum absolute atomic E-state index is 0.150. The molecular weight excluding hydrogens is 378 g/mol. The second kappa shape index (κ2) is 14.1. The number of terminal acetylenes is 1. The predicted octanol–water partition coefficient (Wildman–Crippen LogP) is 1.97. The first-order chi connectivity index (χ1) is 13.0. The molecule has 3 atom stereocenters. The van der Waals surface area contributed by atoms with Crippen LogP contribution in [0.1, 0.15) is 40.5 Å². The van der Waals surface area contributed by atoms with Crippen LogP contribution in [0.4, 0.5) is 0 Å². The van der Waals surface area contributed by atoms with Gasteiger partial charge in [0.25, 0.3) is 0 Å². The van der Waals surface area contributed by atoms with E-state index in [0.29, 0.717) is 6.42 Å². The lowest BCUT2D eigenvalue weighted by Gasteiger charge is -2.34. The molecule has 28 heavy (non-hydrogen) atoms. The Balaban J connectivity index is 0. The molecular formula is C20H35N3O4S. The van der Waals surface area contributed by atoms with Gasteiger partial charge in [0.2, 0.25) is 17.7 Å². The van der Waals surface area contributed by atoms with Crippen molar-refractivity contribution in [3.05, 3.63) is 12.7 Å². The summed E-state index contributed by atoms with van der Waals surface area (Å²) in [6.45, 7) is 11.3. The van der Waals surface area contributed by atoms with Gasteiger partial charge < -0.3 is 10.6 Å². The molecule has 0 aromatic rings. The molecule has 0 heterocycles. The summed E-state index contributed by atoms with van der Waals surface area (Å²) in [6.07, 6.45) is 12.1. The van der Waals surface area contributed by atoms with Crippen molar-refractivity contribution < 1.29 is 19.6 Å². The molecule has 0 aromatic carbocycles. The topological polar surface area (TPSA) is 108 Å². The van der Waals surface area contributed by atoms with Crippen LogP contribution in [0.5, 0.6) is 0 Å². The van der Waals surface area contributed by atoms with Crippen LogP contribution in [0.25, 0.3) is 0 Å². The summed E-state index contributed by atoms with van der Waals surface area (Å²) < 4.78 is -0.536. The van der Waals surface area contributed by atoms with Gasteiger partial charge in [-0.05, 0) is 38.9 Å². The minimum atomic E-state index is -0.761. The second-order valence-corrected chi connectivity index (χ2v) is 8.67. The van der Waals surface area contributed by atoms with Gasteiger partial charge in [-0.15, -0.1) is 19.4 Å². The zero-order valence-electron chi connectivity index (χ0n) is 17.7. The van der Waals surface area contributed by atoms with Crippen molar-refractivity contribution in [3.8, 4) is 12.8 Å². The summed E-state index contributed by atoms with van der Waals surface area (Å²) in [7, 11) is 1.52. The first-order valence-electron chi connectivity index (χ1n) is 9.00. The van der Waals surface area contributed by atoms with Crippen LogP contribution >= 0.6 is 11.8 Å². The Morgan fingerprint density at radius 1 is 1.14 bits per heavy atom. The molecule has 3 amide bonds. The Bertz CT molecular complexity index is 547. The third-order valence-electron chi connectivity index (χ3n) is 4.43. The highest BCUT2D eigenvalue weighted by atomic mass is 32.2. The van der Waals surface area contributed by atoms with E-state index in [1.807, 2.05) is 34.0 Å². The smallest absolute Gasteiger partial charge is 0.247 e. The van der Waals surface area contributed by atoms with E-state index in [1.54, 1.807) is 11.6 Å². The van der Waals surface area contributed by atoms with E-state index in [1.165, 1.54) is 18.8 Å². The fraction of sp³-hybridized carbons (Fsp3) is 0.650. The number of thioether (sulfide) groups is 1. The fourth-order valence-corrected chi connectivity index (χ4v) is 3.15. The molecule has 0 aromatic heterocycles. The molecule has 0 rings (SSSR count). The molecule has 0 aliphatic carbocycles. The quantitative estimate of drug-likeness (QED) is 0.179. The molecule has 8 heteroatoms. The van der Waals surface area contributed by atoms with Crippen molar-refractivity contribution in [2.24, 2.45) is 17.8 Å². The monoisotopic (exact) mass is 413 g/mol. The summed E-state index contributed by atoms with van der Waals surface area (Å²) in [5.74, 6) is -2.62. The number of amides is 3. The van der Waals surface area contributed by atoms with Crippen LogP contribution < -0.4 is 16.1 Å². The zero-order chi connectivity index (χ0) is 22.5. The van der Waals surface area contributed by atoms with E-state index >= 15 is 0 Å². The highest BCUT2D eigenvalue weighted by Gasteiger charge is 2.39. The maximum Gasteiger partial charge on any atom is 0.247 e. The third kappa shape index (κ3) is 8.81. The van der Waals surface area contributed by atoms with Crippen molar-refractivity contribution >= 4 is 29.5 Å². The minimum Gasteiger partial charge on any atom is -0.357 e. The van der Waals surface area contributed by atoms with Gasteiger partial charge in [0.15, 0.2) is 0 Å². The Morgan fingerprint density at radius 2 is 1.68 bits per heavy atom. The number of carbonyl (C=O) groups excluding carboxylic acids is 3. The first kappa shape index (κ1) is 28.2. The molecule has 0 fully saturated rings. The van der Waals surface area contributed by atoms with Crippen LogP contribution in [-0.4, -0.2) is 47.0 Å². The molecule has 1 unspecified atom stereocenters. The Kier molecular flexibility index (Phi) is 14.2. The lowest BCUT2D eigenvalue weighted by atomic mass is 9.81. The van der Waals surface area contributed by atoms with E-state index in [0.717, 1.165) is 0 Å². The molecule has 160 valence electrons. The summed E-state index contributed by atoms with van der Waals surface area (Å²) >= 11 is 1.46. The second-order valence-electron chi connectivity index (χ2n) is 7.21. The molecule has 4 N–H and O–H groups in total. The van der Waals surface area contributed by atoms with Crippen LogP contribution in [0, 0.1) is 30.6 Å². The standard InChI is InChI=1S/C18H33N3O4S.C2H2/c1-8-9-12(16(23)21-25)13(10-11(2)3)15(22)20-14(17(24)19-6)18(4,5)26-7;1-2/h8,11-14,25H,1,9-10H2,2-7H3,(H,19,24)(H,20,22)(H,21,23);1-2H/t12-,13+,14?;/m0./s1. The molecule has 0 spiro atoms. The normalized spacial score (nSPS) is 13.9. The van der Waals surface area contributed by atoms with E-state index in [2.05, 4.69) is 30.1 Å². The maximum atomic E-state index is 13.0. The largest absolute Gasteiger partial charge is 0.357 e. The summed E-state index contributed by atoms with van der Waals surface area (Å²) in [6, 6.07) is -0.758. The zero-order valence-corrected chi connectivity index (χ0v) is 18.6. The first-order valence-corrected chi connectivity index (χ1v) is 10.2. The van der Waals surface area contributed by atoms with Crippen LogP contribution in [0.3, 0.4) is 0 Å². The van der Waals surface area contributed by atoms with E-state index in [4.69, 9.17) is 5.21 Å². The molecule has 0 bridgehead atoms. The summed E-state index contributed by atoms with van der Waals surface area (Å²) in [5, 5.41) is 14.4. The molecule has 0 saturated carbocycles. The van der Waals surface area contributed by atoms with Crippen molar-refractivity contribution in [3.63, 3.8) is 0 Å². The van der Waals surface area contributed by atoms with Crippen molar-refractivity contribution in [2.45, 2.75) is 51.3 Å². The van der Waals surface area contributed by atoms with E-state index in [9.17, 15) is 14.4 Å². The van der Waals surface area contributed by atoms with Crippen LogP contribution in [0.15, 0.2) is 12.7 Å². The third-order valence-corrected chi connectivity index (χ3v) is 5.72. The van der Waals surface area contributed by atoms with Gasteiger partial charge in [-0.1, -0.05) is 19.9 Å². The summed E-state index contributed by atoms with van der Waals surface area (Å²) in [5.41, 5.74) is 1.64. The average Bonchev–Trinajstić information content (AvgIpc) is 2.68. The number of hydrogen-bond acceptors (Lipinski definition) is 5. The Labute approximate surface area is 173 Å². The van der Waals surface area contributed by atoms with Crippen LogP contribution in [-0.2, 0) is 14.4 Å². The number of allylic oxidation sites excluding steroid dienone is 1. The summed E-state index contributed by atoms with van der Waals surface area (Å²) in [4.78, 5) is 37.4. The van der Waals surface area contributed by atoms with Gasteiger partial charge in [0.1, 0.15) is 6.04 Å². The van der Waals surface area contributed by atoms with Gasteiger partial charge in [-0.2, -0.15) is 11.8 Å². The SMILES string of the molecule is C#C.C=CC[C@H](C(=O)NO)[C@@H](CC(C)C)C(=O)NC(C(=O)NC)C(C)(C)SC. The lowest BCUT2D eigenvalue weighted by Crippen LogP contribution is -2.57.